The van der Waals surface area contributed by atoms with Crippen LogP contribution in [0.15, 0.2) is 12.2 Å². The predicted octanol–water partition coefficient (Wildman–Crippen LogP) is 6.49. The number of carbonyl (C=O) groups is 3. The summed E-state index contributed by atoms with van der Waals surface area (Å²) in [4.78, 5) is 35.3. The Kier molecular flexibility index (Phi) is 20.9. The third-order valence-corrected chi connectivity index (χ3v) is 8.29. The molecule has 0 aromatic heterocycles. The van der Waals surface area contributed by atoms with Gasteiger partial charge in [0.1, 0.15) is 6.04 Å². The van der Waals surface area contributed by atoms with E-state index in [0.717, 1.165) is 25.7 Å². The third-order valence-electron chi connectivity index (χ3n) is 8.29. The van der Waals surface area contributed by atoms with Crippen LogP contribution in [0, 0.1) is 0 Å². The van der Waals surface area contributed by atoms with Crippen LogP contribution in [-0.4, -0.2) is 57.3 Å². The van der Waals surface area contributed by atoms with Gasteiger partial charge < -0.3 is 20.1 Å². The molecule has 3 atom stereocenters. The van der Waals surface area contributed by atoms with Gasteiger partial charge in [-0.25, -0.2) is 9.59 Å². The number of hydrogen-bond donors (Lipinski definition) is 2. The van der Waals surface area contributed by atoms with Crippen LogP contribution in [0.1, 0.15) is 143 Å². The quantitative estimate of drug-likeness (QED) is 0.0738. The largest absolute Gasteiger partial charge is 0.544 e. The number of allylic oxidation sites excluding steroid dienone is 2. The third kappa shape index (κ3) is 14.3. The number of rotatable bonds is 26. The Morgan fingerprint density at radius 1 is 0.605 bits per heavy atom. The first-order valence-electron chi connectivity index (χ1n) is 15.3. The van der Waals surface area contributed by atoms with Gasteiger partial charge in [-0.05, 0) is 52.9 Å². The highest BCUT2D eigenvalue weighted by molar-refractivity contribution is 5.76. The fraction of sp³-hybridized carbons (Fsp3) is 0.839. The minimum absolute atomic E-state index is 0.187. The average molecular weight is 540 g/mol. The SMILES string of the molecule is CC/C=C/CCCCCCCCCCCCCCCCCC[N+](C(C)C(=O)[O-])(C(C)C(=O)O)C(C)C(=O)O. The maximum absolute atomic E-state index is 11.8. The number of nitrogens with zero attached hydrogens (tertiary/aromatic N) is 1. The van der Waals surface area contributed by atoms with Crippen LogP contribution in [0.25, 0.3) is 0 Å². The molecule has 7 nitrogen and oxygen atoms in total. The minimum Gasteiger partial charge on any atom is -0.544 e. The highest BCUT2D eigenvalue weighted by atomic mass is 16.4. The van der Waals surface area contributed by atoms with Gasteiger partial charge in [0, 0.05) is 0 Å². The van der Waals surface area contributed by atoms with E-state index in [1.807, 2.05) is 0 Å². The first-order chi connectivity index (χ1) is 18.1. The van der Waals surface area contributed by atoms with E-state index in [1.165, 1.54) is 104 Å². The minimum atomic E-state index is -1.42. The van der Waals surface area contributed by atoms with Crippen molar-refractivity contribution in [3.05, 3.63) is 12.2 Å². The lowest BCUT2D eigenvalue weighted by molar-refractivity contribution is -0.969. The van der Waals surface area contributed by atoms with Crippen molar-refractivity contribution in [2.45, 2.75) is 161 Å². The number of quaternary nitrogens is 1. The molecule has 0 bridgehead atoms. The van der Waals surface area contributed by atoms with Crippen LogP contribution < -0.4 is 5.11 Å². The highest BCUT2D eigenvalue weighted by Crippen LogP contribution is 2.27. The van der Waals surface area contributed by atoms with Crippen molar-refractivity contribution in [2.24, 2.45) is 0 Å². The Bertz CT molecular complexity index is 627. The monoisotopic (exact) mass is 539 g/mol. The van der Waals surface area contributed by atoms with Crippen molar-refractivity contribution in [3.63, 3.8) is 0 Å². The Morgan fingerprint density at radius 2 is 0.947 bits per heavy atom. The van der Waals surface area contributed by atoms with E-state index in [4.69, 9.17) is 0 Å². The van der Waals surface area contributed by atoms with Crippen molar-refractivity contribution in [2.75, 3.05) is 6.54 Å². The maximum Gasteiger partial charge on any atom is 0.362 e. The number of unbranched alkanes of at least 4 members (excludes halogenated alkanes) is 16. The highest BCUT2D eigenvalue weighted by Gasteiger charge is 2.50. The number of aliphatic carboxylic acids is 3. The Labute approximate surface area is 232 Å². The van der Waals surface area contributed by atoms with Gasteiger partial charge in [0.05, 0.1) is 12.5 Å². The molecule has 0 aliphatic rings. The van der Waals surface area contributed by atoms with E-state index in [9.17, 15) is 29.7 Å². The van der Waals surface area contributed by atoms with Crippen molar-refractivity contribution in [1.29, 1.82) is 0 Å². The second kappa shape index (κ2) is 22.0. The van der Waals surface area contributed by atoms with Crippen LogP contribution in [0.5, 0.6) is 0 Å². The summed E-state index contributed by atoms with van der Waals surface area (Å²) >= 11 is 0. The standard InChI is InChI=1S/C31H57NO6/c1-5-6-7-8-9-10-11-12-13-14-15-16-17-18-19-20-21-22-23-24-25-32(26(2)29(33)34,27(3)30(35)36)28(4)31(37)38/h6-7,26-28H,5,8-25H2,1-4H3,(H2-,33,34,35,36,37,38)/b7-6+. The normalized spacial score (nSPS) is 15.7. The van der Waals surface area contributed by atoms with E-state index in [-0.39, 0.29) is 6.54 Å². The molecule has 3 unspecified atom stereocenters. The van der Waals surface area contributed by atoms with Crippen molar-refractivity contribution in [3.8, 4) is 0 Å². The lowest BCUT2D eigenvalue weighted by Crippen LogP contribution is -2.72. The smallest absolute Gasteiger partial charge is 0.362 e. The number of carbonyl (C=O) groups excluding carboxylic acids is 1. The summed E-state index contributed by atoms with van der Waals surface area (Å²) < 4.78 is -0.538. The van der Waals surface area contributed by atoms with Gasteiger partial charge in [-0.1, -0.05) is 103 Å². The molecule has 0 spiro atoms. The van der Waals surface area contributed by atoms with Crippen LogP contribution in [0.2, 0.25) is 0 Å². The second-order valence-corrected chi connectivity index (χ2v) is 11.1. The van der Waals surface area contributed by atoms with Crippen molar-refractivity contribution in [1.82, 2.24) is 0 Å². The van der Waals surface area contributed by atoms with E-state index < -0.39 is 40.5 Å². The van der Waals surface area contributed by atoms with Crippen LogP contribution >= 0.6 is 0 Å². The van der Waals surface area contributed by atoms with Gasteiger partial charge in [0.2, 0.25) is 0 Å². The van der Waals surface area contributed by atoms with Crippen LogP contribution in [0.3, 0.4) is 0 Å². The lowest BCUT2D eigenvalue weighted by Gasteiger charge is -2.49. The molecule has 0 fully saturated rings. The summed E-state index contributed by atoms with van der Waals surface area (Å²) in [5.41, 5.74) is 0. The molecule has 0 amide bonds. The van der Waals surface area contributed by atoms with E-state index in [0.29, 0.717) is 6.42 Å². The van der Waals surface area contributed by atoms with Crippen LogP contribution in [-0.2, 0) is 14.4 Å². The fourth-order valence-electron chi connectivity index (χ4n) is 5.60. The molecule has 0 saturated heterocycles. The summed E-state index contributed by atoms with van der Waals surface area (Å²) in [6, 6.07) is -3.55. The topological polar surface area (TPSA) is 115 Å². The Balaban J connectivity index is 4.05. The summed E-state index contributed by atoms with van der Waals surface area (Å²) in [6.07, 6.45) is 26.2. The summed E-state index contributed by atoms with van der Waals surface area (Å²) in [5, 5.41) is 30.9. The molecule has 0 aliphatic carbocycles. The molecule has 0 aromatic rings. The van der Waals surface area contributed by atoms with Gasteiger partial charge in [-0.3, -0.25) is 4.48 Å². The van der Waals surface area contributed by atoms with E-state index in [2.05, 4.69) is 19.1 Å². The van der Waals surface area contributed by atoms with Gasteiger partial charge in [-0.2, -0.15) is 0 Å². The van der Waals surface area contributed by atoms with Gasteiger partial charge in [-0.15, -0.1) is 0 Å². The molecule has 222 valence electrons. The molecule has 0 radical (unpaired) electrons. The maximum atomic E-state index is 11.8. The molecule has 0 rings (SSSR count). The van der Waals surface area contributed by atoms with Gasteiger partial charge >= 0.3 is 11.9 Å². The zero-order valence-corrected chi connectivity index (χ0v) is 24.8. The molecule has 2 N–H and O–H groups in total. The zero-order chi connectivity index (χ0) is 28.8. The van der Waals surface area contributed by atoms with Crippen LogP contribution in [0.4, 0.5) is 0 Å². The van der Waals surface area contributed by atoms with Gasteiger partial charge in [0.25, 0.3) is 0 Å². The van der Waals surface area contributed by atoms with Gasteiger partial charge in [0.15, 0.2) is 12.1 Å². The first kappa shape index (κ1) is 36.1. The van der Waals surface area contributed by atoms with E-state index >= 15 is 0 Å². The lowest BCUT2D eigenvalue weighted by atomic mass is 9.99. The van der Waals surface area contributed by atoms with Crippen molar-refractivity contribution >= 4 is 17.9 Å². The zero-order valence-electron chi connectivity index (χ0n) is 24.8. The molecular weight excluding hydrogens is 482 g/mol. The second-order valence-electron chi connectivity index (χ2n) is 11.1. The molecule has 7 heteroatoms. The fourth-order valence-corrected chi connectivity index (χ4v) is 5.60. The Morgan fingerprint density at radius 3 is 1.26 bits per heavy atom. The van der Waals surface area contributed by atoms with Crippen molar-refractivity contribution < 1.29 is 34.2 Å². The first-order valence-corrected chi connectivity index (χ1v) is 15.3. The molecular formula is C31H57NO6. The molecule has 0 aromatic carbocycles. The average Bonchev–Trinajstić information content (AvgIpc) is 2.88. The number of carboxylic acids is 3. The molecule has 0 heterocycles. The number of carboxylic acid groups (broad SMARTS) is 3. The summed E-state index contributed by atoms with van der Waals surface area (Å²) in [5.74, 6) is -3.81. The number of hydrogen-bond acceptors (Lipinski definition) is 4. The van der Waals surface area contributed by atoms with E-state index in [1.54, 1.807) is 0 Å². The Hall–Kier alpha value is -1.89. The summed E-state index contributed by atoms with van der Waals surface area (Å²) in [7, 11) is 0. The molecule has 0 saturated carbocycles. The predicted molar refractivity (Wildman–Crippen MR) is 152 cm³/mol. The summed E-state index contributed by atoms with van der Waals surface area (Å²) in [6.45, 7) is 6.53. The molecule has 38 heavy (non-hydrogen) atoms. The molecule has 0 aliphatic heterocycles.